The van der Waals surface area contributed by atoms with Crippen LogP contribution in [-0.4, -0.2) is 22.4 Å². The lowest BCUT2D eigenvalue weighted by Crippen LogP contribution is -2.24. The summed E-state index contributed by atoms with van der Waals surface area (Å²) in [5.41, 5.74) is 2.19. The monoisotopic (exact) mass is 268 g/mol. The Morgan fingerprint density at radius 2 is 1.45 bits per heavy atom. The van der Waals surface area contributed by atoms with Crippen molar-refractivity contribution in [1.82, 2.24) is 0 Å². The molecule has 20 heavy (non-hydrogen) atoms. The first kappa shape index (κ1) is 14.5. The summed E-state index contributed by atoms with van der Waals surface area (Å²) in [6.45, 7) is 0. The first-order valence-corrected chi connectivity index (χ1v) is 6.89. The topological polar surface area (TPSA) is 40.5 Å². The maximum absolute atomic E-state index is 9.96. The Kier molecular flexibility index (Phi) is 5.54. The summed E-state index contributed by atoms with van der Waals surface area (Å²) >= 11 is 0. The second-order valence-corrected chi connectivity index (χ2v) is 4.85. The quantitative estimate of drug-likeness (QED) is 0.845. The molecule has 2 unspecified atom stereocenters. The van der Waals surface area contributed by atoms with Crippen LogP contribution in [0, 0.1) is 0 Å². The van der Waals surface area contributed by atoms with Gasteiger partial charge in [-0.15, -0.1) is 0 Å². The standard InChI is InChI=1S/C18H20O2/c19-17(13-11-15-7-3-1-4-8-15)18(20)14-12-16-9-5-2-6-10-16/h1-11,13,17-20H,12,14H2. The van der Waals surface area contributed by atoms with Crippen LogP contribution in [0.2, 0.25) is 0 Å². The minimum Gasteiger partial charge on any atom is -0.390 e. The van der Waals surface area contributed by atoms with Crippen LogP contribution in [-0.2, 0) is 6.42 Å². The van der Waals surface area contributed by atoms with E-state index in [0.29, 0.717) is 6.42 Å². The summed E-state index contributed by atoms with van der Waals surface area (Å²) < 4.78 is 0. The predicted octanol–water partition coefficient (Wildman–Crippen LogP) is 3.05. The van der Waals surface area contributed by atoms with Gasteiger partial charge in [-0.05, 0) is 24.0 Å². The average Bonchev–Trinajstić information content (AvgIpc) is 2.52. The van der Waals surface area contributed by atoms with Crippen LogP contribution in [0.4, 0.5) is 0 Å². The molecule has 0 amide bonds. The van der Waals surface area contributed by atoms with Gasteiger partial charge in [-0.25, -0.2) is 0 Å². The Hall–Kier alpha value is -1.90. The summed E-state index contributed by atoms with van der Waals surface area (Å²) in [5, 5.41) is 19.9. The molecule has 2 aromatic rings. The average molecular weight is 268 g/mol. The molecule has 0 aliphatic carbocycles. The molecule has 2 heteroatoms. The van der Waals surface area contributed by atoms with E-state index in [-0.39, 0.29) is 0 Å². The van der Waals surface area contributed by atoms with Crippen molar-refractivity contribution < 1.29 is 10.2 Å². The highest BCUT2D eigenvalue weighted by atomic mass is 16.3. The predicted molar refractivity (Wildman–Crippen MR) is 82.3 cm³/mol. The van der Waals surface area contributed by atoms with Gasteiger partial charge in [0.05, 0.1) is 12.2 Å². The van der Waals surface area contributed by atoms with Gasteiger partial charge in [0.25, 0.3) is 0 Å². The van der Waals surface area contributed by atoms with Gasteiger partial charge in [0.1, 0.15) is 0 Å². The van der Waals surface area contributed by atoms with Crippen LogP contribution >= 0.6 is 0 Å². The SMILES string of the molecule is OC(C=Cc1ccccc1)C(O)CCc1ccccc1. The number of aryl methyl sites for hydroxylation is 1. The third-order valence-corrected chi connectivity index (χ3v) is 3.25. The van der Waals surface area contributed by atoms with E-state index in [2.05, 4.69) is 0 Å². The van der Waals surface area contributed by atoms with Gasteiger partial charge in [-0.2, -0.15) is 0 Å². The van der Waals surface area contributed by atoms with Gasteiger partial charge in [-0.3, -0.25) is 0 Å². The highest BCUT2D eigenvalue weighted by Gasteiger charge is 2.12. The van der Waals surface area contributed by atoms with Gasteiger partial charge in [-0.1, -0.05) is 72.8 Å². The van der Waals surface area contributed by atoms with Gasteiger partial charge in [0, 0.05) is 0 Å². The molecular formula is C18H20O2. The smallest absolute Gasteiger partial charge is 0.0983 e. The highest BCUT2D eigenvalue weighted by molar-refractivity contribution is 5.49. The van der Waals surface area contributed by atoms with E-state index in [0.717, 1.165) is 12.0 Å². The van der Waals surface area contributed by atoms with Crippen molar-refractivity contribution in [2.24, 2.45) is 0 Å². The van der Waals surface area contributed by atoms with E-state index in [9.17, 15) is 10.2 Å². The van der Waals surface area contributed by atoms with Gasteiger partial charge in [0.15, 0.2) is 0 Å². The van der Waals surface area contributed by atoms with Crippen LogP contribution in [0.3, 0.4) is 0 Å². The zero-order valence-corrected chi connectivity index (χ0v) is 11.4. The molecule has 0 fully saturated rings. The van der Waals surface area contributed by atoms with E-state index in [1.54, 1.807) is 6.08 Å². The van der Waals surface area contributed by atoms with Crippen LogP contribution in [0.25, 0.3) is 6.08 Å². The number of hydrogen-bond donors (Lipinski definition) is 2. The van der Waals surface area contributed by atoms with Crippen molar-refractivity contribution in [2.45, 2.75) is 25.0 Å². The fourth-order valence-electron chi connectivity index (χ4n) is 2.03. The summed E-state index contributed by atoms with van der Waals surface area (Å²) in [6.07, 6.45) is 3.21. The second kappa shape index (κ2) is 7.63. The Morgan fingerprint density at radius 3 is 2.10 bits per heavy atom. The van der Waals surface area contributed by atoms with Crippen LogP contribution in [0.15, 0.2) is 66.7 Å². The number of aliphatic hydroxyl groups excluding tert-OH is 2. The first-order chi connectivity index (χ1) is 9.75. The van der Waals surface area contributed by atoms with Crippen molar-refractivity contribution in [2.75, 3.05) is 0 Å². The molecule has 104 valence electrons. The van der Waals surface area contributed by atoms with Crippen molar-refractivity contribution in [3.8, 4) is 0 Å². The fraction of sp³-hybridized carbons (Fsp3) is 0.222. The lowest BCUT2D eigenvalue weighted by Gasteiger charge is -2.14. The first-order valence-electron chi connectivity index (χ1n) is 6.89. The third-order valence-electron chi connectivity index (χ3n) is 3.25. The Bertz CT molecular complexity index is 520. The summed E-state index contributed by atoms with van der Waals surface area (Å²) in [5.74, 6) is 0. The van der Waals surface area contributed by atoms with Gasteiger partial charge >= 0.3 is 0 Å². The normalized spacial score (nSPS) is 14.3. The molecule has 2 atom stereocenters. The molecule has 0 aliphatic heterocycles. The van der Waals surface area contributed by atoms with E-state index in [4.69, 9.17) is 0 Å². The minimum atomic E-state index is -0.834. The Balaban J connectivity index is 1.83. The number of aliphatic hydroxyl groups is 2. The van der Waals surface area contributed by atoms with E-state index in [1.165, 1.54) is 5.56 Å². The number of rotatable bonds is 6. The zero-order chi connectivity index (χ0) is 14.2. The Labute approximate surface area is 120 Å². The maximum Gasteiger partial charge on any atom is 0.0983 e. The summed E-state index contributed by atoms with van der Waals surface area (Å²) in [7, 11) is 0. The number of hydrogen-bond acceptors (Lipinski definition) is 2. The van der Waals surface area contributed by atoms with Crippen LogP contribution < -0.4 is 0 Å². The molecule has 2 rings (SSSR count). The zero-order valence-electron chi connectivity index (χ0n) is 11.4. The molecular weight excluding hydrogens is 248 g/mol. The number of benzene rings is 2. The van der Waals surface area contributed by atoms with E-state index in [1.807, 2.05) is 66.7 Å². The third kappa shape index (κ3) is 4.65. The molecule has 0 heterocycles. The van der Waals surface area contributed by atoms with Gasteiger partial charge in [0.2, 0.25) is 0 Å². The Morgan fingerprint density at radius 1 is 0.850 bits per heavy atom. The van der Waals surface area contributed by atoms with Crippen LogP contribution in [0.5, 0.6) is 0 Å². The van der Waals surface area contributed by atoms with E-state index < -0.39 is 12.2 Å². The molecule has 2 nitrogen and oxygen atoms in total. The lowest BCUT2D eigenvalue weighted by molar-refractivity contribution is 0.0439. The largest absolute Gasteiger partial charge is 0.390 e. The second-order valence-electron chi connectivity index (χ2n) is 4.85. The lowest BCUT2D eigenvalue weighted by atomic mass is 10.0. The van der Waals surface area contributed by atoms with Crippen molar-refractivity contribution in [3.63, 3.8) is 0 Å². The minimum absolute atomic E-state index is 0.546. The molecule has 0 bridgehead atoms. The molecule has 0 saturated heterocycles. The summed E-state index contributed by atoms with van der Waals surface area (Å²) in [6, 6.07) is 19.7. The molecule has 0 radical (unpaired) electrons. The fourth-order valence-corrected chi connectivity index (χ4v) is 2.03. The molecule has 2 aromatic carbocycles. The molecule has 2 N–H and O–H groups in total. The molecule has 0 aliphatic rings. The molecule has 0 aromatic heterocycles. The summed E-state index contributed by atoms with van der Waals surface area (Å²) in [4.78, 5) is 0. The van der Waals surface area contributed by atoms with Crippen molar-refractivity contribution >= 4 is 6.08 Å². The van der Waals surface area contributed by atoms with Crippen molar-refractivity contribution in [3.05, 3.63) is 77.9 Å². The highest BCUT2D eigenvalue weighted by Crippen LogP contribution is 2.10. The molecule has 0 spiro atoms. The van der Waals surface area contributed by atoms with Crippen molar-refractivity contribution in [1.29, 1.82) is 0 Å². The maximum atomic E-state index is 9.96. The van der Waals surface area contributed by atoms with Crippen LogP contribution in [0.1, 0.15) is 17.5 Å². The van der Waals surface area contributed by atoms with Gasteiger partial charge < -0.3 is 10.2 Å². The van der Waals surface area contributed by atoms with E-state index >= 15 is 0 Å². The molecule has 0 saturated carbocycles.